The first-order valence-electron chi connectivity index (χ1n) is 6.28. The molecular formula is C15H24N2. The zero-order valence-electron chi connectivity index (χ0n) is 11.0. The van der Waals surface area contributed by atoms with Gasteiger partial charge in [0.2, 0.25) is 0 Å². The topological polar surface area (TPSA) is 38.0 Å². The lowest BCUT2D eigenvalue weighted by molar-refractivity contribution is 0.464. The van der Waals surface area contributed by atoms with Crippen LogP contribution in [0.5, 0.6) is 0 Å². The number of benzene rings is 1. The molecule has 0 heterocycles. The molecule has 1 unspecified atom stereocenters. The summed E-state index contributed by atoms with van der Waals surface area (Å²) in [5.41, 5.74) is 6.81. The van der Waals surface area contributed by atoms with E-state index in [1.165, 1.54) is 16.7 Å². The summed E-state index contributed by atoms with van der Waals surface area (Å²) in [6.07, 6.45) is 4.26. The van der Waals surface area contributed by atoms with E-state index in [2.05, 4.69) is 50.1 Å². The highest BCUT2D eigenvalue weighted by molar-refractivity contribution is 5.21. The molecule has 2 heteroatoms. The fraction of sp³-hybridized carbons (Fsp3) is 0.467. The Balaban J connectivity index is 2.36. The van der Waals surface area contributed by atoms with Crippen LogP contribution in [0, 0.1) is 6.92 Å². The quantitative estimate of drug-likeness (QED) is 0.430. The lowest BCUT2D eigenvalue weighted by atomic mass is 10.00. The van der Waals surface area contributed by atoms with Crippen molar-refractivity contribution in [3.05, 3.63) is 47.5 Å². The number of aryl methyl sites for hydroxylation is 2. The van der Waals surface area contributed by atoms with Gasteiger partial charge in [-0.25, -0.2) is 0 Å². The van der Waals surface area contributed by atoms with E-state index in [-0.39, 0.29) is 0 Å². The molecule has 0 aromatic heterocycles. The number of allylic oxidation sites excluding steroid dienone is 1. The van der Waals surface area contributed by atoms with Crippen LogP contribution in [-0.2, 0) is 6.42 Å². The Labute approximate surface area is 105 Å². The number of hydrogen-bond donors (Lipinski definition) is 2. The Hall–Kier alpha value is -1.12. The zero-order valence-corrected chi connectivity index (χ0v) is 11.0. The summed E-state index contributed by atoms with van der Waals surface area (Å²) in [4.78, 5) is 0. The largest absolute Gasteiger partial charge is 0.271 e. The first-order valence-corrected chi connectivity index (χ1v) is 6.28. The van der Waals surface area contributed by atoms with Crippen LogP contribution >= 0.6 is 0 Å². The molecule has 0 aliphatic heterocycles. The van der Waals surface area contributed by atoms with Crippen molar-refractivity contribution in [3.8, 4) is 0 Å². The summed E-state index contributed by atoms with van der Waals surface area (Å²) in [5, 5.41) is 0. The van der Waals surface area contributed by atoms with E-state index in [4.69, 9.17) is 5.84 Å². The van der Waals surface area contributed by atoms with Gasteiger partial charge in [-0.05, 0) is 45.1 Å². The van der Waals surface area contributed by atoms with Crippen LogP contribution in [-0.4, -0.2) is 6.04 Å². The average molecular weight is 232 g/mol. The molecule has 2 nitrogen and oxygen atoms in total. The second kappa shape index (κ2) is 7.25. The normalized spacial score (nSPS) is 12.4. The van der Waals surface area contributed by atoms with Crippen molar-refractivity contribution in [1.29, 1.82) is 0 Å². The Morgan fingerprint density at radius 3 is 2.47 bits per heavy atom. The zero-order chi connectivity index (χ0) is 12.7. The summed E-state index contributed by atoms with van der Waals surface area (Å²) in [6, 6.07) is 9.10. The number of nitrogens with two attached hydrogens (primary N) is 1. The summed E-state index contributed by atoms with van der Waals surface area (Å²) in [7, 11) is 0. The van der Waals surface area contributed by atoms with Gasteiger partial charge in [0.15, 0.2) is 0 Å². The molecule has 0 bridgehead atoms. The Bertz CT molecular complexity index is 340. The third kappa shape index (κ3) is 5.66. The molecule has 0 saturated heterocycles. The number of nitrogens with one attached hydrogen (secondary N) is 1. The van der Waals surface area contributed by atoms with E-state index >= 15 is 0 Å². The predicted molar refractivity (Wildman–Crippen MR) is 74.7 cm³/mol. The molecule has 17 heavy (non-hydrogen) atoms. The highest BCUT2D eigenvalue weighted by atomic mass is 15.2. The second-order valence-corrected chi connectivity index (χ2v) is 4.88. The van der Waals surface area contributed by atoms with Crippen LogP contribution in [0.25, 0.3) is 0 Å². The second-order valence-electron chi connectivity index (χ2n) is 4.88. The molecule has 0 saturated carbocycles. The molecule has 1 atom stereocenters. The SMILES string of the molecule is C=C(C)CCC(CCc1ccc(C)cc1)NN. The van der Waals surface area contributed by atoms with Crippen molar-refractivity contribution < 1.29 is 0 Å². The van der Waals surface area contributed by atoms with Gasteiger partial charge in [-0.1, -0.05) is 35.4 Å². The van der Waals surface area contributed by atoms with Gasteiger partial charge in [0.05, 0.1) is 0 Å². The average Bonchev–Trinajstić information content (AvgIpc) is 2.31. The maximum Gasteiger partial charge on any atom is 0.0216 e. The van der Waals surface area contributed by atoms with Crippen LogP contribution < -0.4 is 11.3 Å². The van der Waals surface area contributed by atoms with Crippen LogP contribution in [0.15, 0.2) is 36.4 Å². The fourth-order valence-corrected chi connectivity index (χ4v) is 1.83. The molecule has 1 aromatic carbocycles. The molecule has 1 rings (SSSR count). The van der Waals surface area contributed by atoms with Gasteiger partial charge in [-0.2, -0.15) is 0 Å². The Morgan fingerprint density at radius 2 is 1.94 bits per heavy atom. The molecule has 94 valence electrons. The molecular weight excluding hydrogens is 208 g/mol. The summed E-state index contributed by atoms with van der Waals surface area (Å²) in [6.45, 7) is 8.10. The van der Waals surface area contributed by atoms with Gasteiger partial charge in [-0.3, -0.25) is 11.3 Å². The third-order valence-corrected chi connectivity index (χ3v) is 3.06. The minimum atomic E-state index is 0.382. The lowest BCUT2D eigenvalue weighted by Crippen LogP contribution is -2.35. The monoisotopic (exact) mass is 232 g/mol. The number of hydrazine groups is 1. The van der Waals surface area contributed by atoms with E-state index < -0.39 is 0 Å². The minimum Gasteiger partial charge on any atom is -0.271 e. The van der Waals surface area contributed by atoms with Crippen molar-refractivity contribution in [2.45, 2.75) is 45.6 Å². The Kier molecular flexibility index (Phi) is 5.95. The van der Waals surface area contributed by atoms with Gasteiger partial charge in [-0.15, -0.1) is 6.58 Å². The van der Waals surface area contributed by atoms with Gasteiger partial charge in [0.1, 0.15) is 0 Å². The molecule has 3 N–H and O–H groups in total. The fourth-order valence-electron chi connectivity index (χ4n) is 1.83. The first-order chi connectivity index (χ1) is 8.11. The molecule has 1 aromatic rings. The van der Waals surface area contributed by atoms with Crippen molar-refractivity contribution in [2.75, 3.05) is 0 Å². The van der Waals surface area contributed by atoms with Crippen LogP contribution in [0.3, 0.4) is 0 Å². The standard InChI is InChI=1S/C15H24N2/c1-12(2)4-10-15(17-16)11-9-14-7-5-13(3)6-8-14/h5-8,15,17H,1,4,9-11,16H2,2-3H3. The van der Waals surface area contributed by atoms with Gasteiger partial charge in [0.25, 0.3) is 0 Å². The Morgan fingerprint density at radius 1 is 1.29 bits per heavy atom. The summed E-state index contributed by atoms with van der Waals surface area (Å²) < 4.78 is 0. The molecule has 0 aliphatic carbocycles. The molecule has 0 spiro atoms. The van der Waals surface area contributed by atoms with E-state index in [1.54, 1.807) is 0 Å². The van der Waals surface area contributed by atoms with Crippen LogP contribution in [0.2, 0.25) is 0 Å². The summed E-state index contributed by atoms with van der Waals surface area (Å²) in [5.74, 6) is 5.57. The lowest BCUT2D eigenvalue weighted by Gasteiger charge is -2.15. The molecule has 0 radical (unpaired) electrons. The third-order valence-electron chi connectivity index (χ3n) is 3.06. The van der Waals surface area contributed by atoms with Gasteiger partial charge >= 0.3 is 0 Å². The van der Waals surface area contributed by atoms with Crippen LogP contribution in [0.1, 0.15) is 37.3 Å². The van der Waals surface area contributed by atoms with Gasteiger partial charge in [0, 0.05) is 6.04 Å². The van der Waals surface area contributed by atoms with Gasteiger partial charge < -0.3 is 0 Å². The van der Waals surface area contributed by atoms with Crippen molar-refractivity contribution in [2.24, 2.45) is 5.84 Å². The van der Waals surface area contributed by atoms with Crippen LogP contribution in [0.4, 0.5) is 0 Å². The maximum absolute atomic E-state index is 5.57. The molecule has 0 fully saturated rings. The van der Waals surface area contributed by atoms with E-state index in [1.807, 2.05) is 0 Å². The summed E-state index contributed by atoms with van der Waals surface area (Å²) >= 11 is 0. The molecule has 0 amide bonds. The highest BCUT2D eigenvalue weighted by Gasteiger charge is 2.06. The van der Waals surface area contributed by atoms with Crippen molar-refractivity contribution in [3.63, 3.8) is 0 Å². The number of hydrogen-bond acceptors (Lipinski definition) is 2. The van der Waals surface area contributed by atoms with Crippen molar-refractivity contribution >= 4 is 0 Å². The van der Waals surface area contributed by atoms with Crippen molar-refractivity contribution in [1.82, 2.24) is 5.43 Å². The molecule has 0 aliphatic rings. The maximum atomic E-state index is 5.57. The smallest absolute Gasteiger partial charge is 0.0216 e. The van der Waals surface area contributed by atoms with E-state index in [0.29, 0.717) is 6.04 Å². The predicted octanol–water partition coefficient (Wildman–Crippen LogP) is 3.12. The highest BCUT2D eigenvalue weighted by Crippen LogP contribution is 2.11. The van der Waals surface area contributed by atoms with E-state index in [0.717, 1.165) is 25.7 Å². The van der Waals surface area contributed by atoms with E-state index in [9.17, 15) is 0 Å². The minimum absolute atomic E-state index is 0.382. The number of rotatable bonds is 7. The first kappa shape index (κ1) is 13.9.